The molecule has 3 N–H and O–H groups in total. The summed E-state index contributed by atoms with van der Waals surface area (Å²) in [7, 11) is 1.60. The smallest absolute Gasteiger partial charge is 0.412 e. The predicted molar refractivity (Wildman–Crippen MR) is 134 cm³/mol. The van der Waals surface area contributed by atoms with Crippen LogP contribution in [0, 0.1) is 0 Å². The van der Waals surface area contributed by atoms with Crippen LogP contribution >= 0.6 is 11.8 Å². The minimum Gasteiger partial charge on any atom is -0.480 e. The molecule has 182 valence electrons. The minimum atomic E-state index is -1.12. The monoisotopic (exact) mass is 494 g/mol. The average Bonchev–Trinajstić information content (AvgIpc) is 3.37. The molecule has 0 fully saturated rings. The van der Waals surface area contributed by atoms with E-state index in [1.54, 1.807) is 7.05 Å². The fourth-order valence-electron chi connectivity index (χ4n) is 4.21. The Morgan fingerprint density at radius 1 is 1.11 bits per heavy atom. The molecule has 35 heavy (non-hydrogen) atoms. The largest absolute Gasteiger partial charge is 0.480 e. The maximum Gasteiger partial charge on any atom is 0.412 e. The number of nitrogens with one attached hydrogen (secondary N) is 2. The number of carbonyl (C=O) groups excluding carboxylic acids is 2. The third kappa shape index (κ3) is 5.32. The number of hydrogen-bond acceptors (Lipinski definition) is 6. The van der Waals surface area contributed by atoms with E-state index in [2.05, 4.69) is 27.9 Å². The molecule has 1 heterocycles. The lowest BCUT2D eigenvalue weighted by atomic mass is 9.98. The quantitative estimate of drug-likeness (QED) is 0.414. The summed E-state index contributed by atoms with van der Waals surface area (Å²) in [5.41, 5.74) is 4.47. The van der Waals surface area contributed by atoms with Gasteiger partial charge in [0.05, 0.1) is 0 Å². The van der Waals surface area contributed by atoms with Crippen molar-refractivity contribution in [2.24, 2.45) is 7.05 Å². The van der Waals surface area contributed by atoms with Crippen molar-refractivity contribution in [3.63, 3.8) is 0 Å². The van der Waals surface area contributed by atoms with Gasteiger partial charge in [0, 0.05) is 19.2 Å². The van der Waals surface area contributed by atoms with Gasteiger partial charge in [-0.25, -0.2) is 9.59 Å². The number of aliphatic carboxylic acids is 1. The number of aromatic nitrogens is 2. The summed E-state index contributed by atoms with van der Waals surface area (Å²) in [6.07, 6.45) is 2.80. The Morgan fingerprint density at radius 3 is 2.34 bits per heavy atom. The zero-order valence-corrected chi connectivity index (χ0v) is 20.2. The van der Waals surface area contributed by atoms with Gasteiger partial charge < -0.3 is 15.2 Å². The molecule has 4 rings (SSSR count). The Morgan fingerprint density at radius 2 is 1.74 bits per heavy atom. The Labute approximate surface area is 206 Å². The van der Waals surface area contributed by atoms with Gasteiger partial charge in [0.2, 0.25) is 0 Å². The summed E-state index contributed by atoms with van der Waals surface area (Å²) in [6, 6.07) is 15.0. The molecule has 1 atom stereocenters. The van der Waals surface area contributed by atoms with Crippen molar-refractivity contribution < 1.29 is 24.2 Å². The Hall–Kier alpha value is -3.79. The van der Waals surface area contributed by atoms with E-state index in [0.29, 0.717) is 5.75 Å². The standard InChI is InChI=1S/C25H26N4O5S/c1-29-13-19(23(30)26-21(24(31)32)11-12-35-2)22(28-29)27-25(33)34-14-20-17-9-5-3-7-15(17)16-8-4-6-10-18(16)20/h3-10,13,20-21H,11-12,14H2,1-2H3,(H,26,30)(H,31,32)(H,27,28,33). The topological polar surface area (TPSA) is 123 Å². The summed E-state index contributed by atoms with van der Waals surface area (Å²) >= 11 is 1.49. The molecule has 2 aromatic carbocycles. The van der Waals surface area contributed by atoms with Crippen LogP contribution < -0.4 is 10.6 Å². The number of benzene rings is 2. The lowest BCUT2D eigenvalue weighted by Crippen LogP contribution is -2.41. The lowest BCUT2D eigenvalue weighted by Gasteiger charge is -2.15. The number of thioether (sulfide) groups is 1. The van der Waals surface area contributed by atoms with E-state index in [9.17, 15) is 19.5 Å². The maximum absolute atomic E-state index is 12.8. The van der Waals surface area contributed by atoms with Gasteiger partial charge in [0.1, 0.15) is 18.2 Å². The van der Waals surface area contributed by atoms with Gasteiger partial charge in [0.25, 0.3) is 5.91 Å². The molecule has 0 spiro atoms. The third-order valence-electron chi connectivity index (χ3n) is 5.85. The fourth-order valence-corrected chi connectivity index (χ4v) is 4.68. The molecule has 0 saturated heterocycles. The molecule has 10 heteroatoms. The first-order valence-corrected chi connectivity index (χ1v) is 12.5. The Balaban J connectivity index is 1.43. The molecule has 9 nitrogen and oxygen atoms in total. The number of carboxylic acid groups (broad SMARTS) is 1. The first-order valence-electron chi connectivity index (χ1n) is 11.1. The predicted octanol–water partition coefficient (Wildman–Crippen LogP) is 3.72. The molecule has 2 amide bonds. The number of ether oxygens (including phenoxy) is 1. The van der Waals surface area contributed by atoms with Crippen molar-refractivity contribution in [3.05, 3.63) is 71.4 Å². The van der Waals surface area contributed by atoms with Crippen LogP contribution in [0.1, 0.15) is 33.8 Å². The Kier molecular flexibility index (Phi) is 7.40. The molecule has 0 saturated carbocycles. The van der Waals surface area contributed by atoms with E-state index in [4.69, 9.17) is 4.74 Å². The number of amides is 2. The summed E-state index contributed by atoms with van der Waals surface area (Å²) in [5.74, 6) is -1.29. The van der Waals surface area contributed by atoms with E-state index in [1.165, 1.54) is 22.6 Å². The van der Waals surface area contributed by atoms with Crippen molar-refractivity contribution in [1.82, 2.24) is 15.1 Å². The van der Waals surface area contributed by atoms with Gasteiger partial charge >= 0.3 is 12.1 Å². The SMILES string of the molecule is CSCCC(NC(=O)c1cn(C)nc1NC(=O)OCC1c2ccccc2-c2ccccc21)C(=O)O. The van der Waals surface area contributed by atoms with Crippen LogP contribution in [0.3, 0.4) is 0 Å². The zero-order chi connectivity index (χ0) is 24.9. The van der Waals surface area contributed by atoms with E-state index >= 15 is 0 Å². The second-order valence-electron chi connectivity index (χ2n) is 8.16. The van der Waals surface area contributed by atoms with E-state index in [-0.39, 0.29) is 30.3 Å². The highest BCUT2D eigenvalue weighted by atomic mass is 32.2. The summed E-state index contributed by atoms with van der Waals surface area (Å²) in [6.45, 7) is 0.115. The van der Waals surface area contributed by atoms with Crippen LogP contribution in [0.25, 0.3) is 11.1 Å². The minimum absolute atomic E-state index is 0.00349. The van der Waals surface area contributed by atoms with Crippen LogP contribution in [-0.4, -0.2) is 57.5 Å². The molecule has 1 aromatic heterocycles. The van der Waals surface area contributed by atoms with E-state index < -0.39 is 24.0 Å². The van der Waals surface area contributed by atoms with Crippen LogP contribution in [0.5, 0.6) is 0 Å². The van der Waals surface area contributed by atoms with Gasteiger partial charge in [-0.05, 0) is 40.7 Å². The lowest BCUT2D eigenvalue weighted by molar-refractivity contribution is -0.139. The highest BCUT2D eigenvalue weighted by molar-refractivity contribution is 7.98. The van der Waals surface area contributed by atoms with Crippen LogP contribution in [-0.2, 0) is 16.6 Å². The highest BCUT2D eigenvalue weighted by Gasteiger charge is 2.29. The molecule has 1 aliphatic carbocycles. The fraction of sp³-hybridized carbons (Fsp3) is 0.280. The number of aryl methyl sites for hydroxylation is 1. The molecule has 0 radical (unpaired) electrons. The van der Waals surface area contributed by atoms with Crippen LogP contribution in [0.2, 0.25) is 0 Å². The van der Waals surface area contributed by atoms with Crippen LogP contribution in [0.15, 0.2) is 54.7 Å². The number of fused-ring (bicyclic) bond motifs is 3. The number of anilines is 1. The molecule has 0 bridgehead atoms. The van der Waals surface area contributed by atoms with Gasteiger partial charge in [-0.2, -0.15) is 16.9 Å². The number of nitrogens with zero attached hydrogens (tertiary/aromatic N) is 2. The zero-order valence-electron chi connectivity index (χ0n) is 19.4. The number of carboxylic acids is 1. The summed E-state index contributed by atoms with van der Waals surface area (Å²) in [5, 5.41) is 18.5. The normalized spacial score (nSPS) is 13.0. The van der Waals surface area contributed by atoms with Gasteiger partial charge in [0.15, 0.2) is 5.82 Å². The van der Waals surface area contributed by atoms with Crippen molar-refractivity contribution in [2.75, 3.05) is 23.9 Å². The molecule has 1 aliphatic rings. The van der Waals surface area contributed by atoms with Gasteiger partial charge in [-0.3, -0.25) is 14.8 Å². The van der Waals surface area contributed by atoms with Crippen molar-refractivity contribution in [1.29, 1.82) is 0 Å². The highest BCUT2D eigenvalue weighted by Crippen LogP contribution is 2.44. The third-order valence-corrected chi connectivity index (χ3v) is 6.50. The second kappa shape index (κ2) is 10.6. The number of hydrogen-bond donors (Lipinski definition) is 3. The second-order valence-corrected chi connectivity index (χ2v) is 9.15. The maximum atomic E-state index is 12.8. The van der Waals surface area contributed by atoms with Crippen LogP contribution in [0.4, 0.5) is 10.6 Å². The van der Waals surface area contributed by atoms with Gasteiger partial charge in [-0.1, -0.05) is 48.5 Å². The molecular weight excluding hydrogens is 468 g/mol. The molecule has 1 unspecified atom stereocenters. The van der Waals surface area contributed by atoms with E-state index in [1.807, 2.05) is 42.7 Å². The molecule has 3 aromatic rings. The van der Waals surface area contributed by atoms with Crippen molar-refractivity contribution in [3.8, 4) is 11.1 Å². The average molecular weight is 495 g/mol. The Bertz CT molecular complexity index is 1210. The summed E-state index contributed by atoms with van der Waals surface area (Å²) in [4.78, 5) is 36.9. The molecule has 0 aliphatic heterocycles. The number of rotatable bonds is 9. The summed E-state index contributed by atoms with van der Waals surface area (Å²) < 4.78 is 6.90. The van der Waals surface area contributed by atoms with E-state index in [0.717, 1.165) is 22.3 Å². The first-order chi connectivity index (χ1) is 16.9. The van der Waals surface area contributed by atoms with Gasteiger partial charge in [-0.15, -0.1) is 0 Å². The first kappa shape index (κ1) is 24.3. The molecular formula is C25H26N4O5S. The number of carbonyl (C=O) groups is 3. The van der Waals surface area contributed by atoms with Crippen molar-refractivity contribution >= 4 is 35.5 Å². The van der Waals surface area contributed by atoms with Crippen molar-refractivity contribution in [2.45, 2.75) is 18.4 Å².